The molecule has 0 aliphatic heterocycles. The van der Waals surface area contributed by atoms with Crippen molar-refractivity contribution in [1.82, 2.24) is 10.2 Å². The van der Waals surface area contributed by atoms with Gasteiger partial charge in [0.1, 0.15) is 0 Å². The predicted molar refractivity (Wildman–Crippen MR) is 67.5 cm³/mol. The Labute approximate surface area is 99.6 Å². The zero-order chi connectivity index (χ0) is 12.0. The third kappa shape index (κ3) is 3.69. The van der Waals surface area contributed by atoms with E-state index in [9.17, 15) is 4.79 Å². The second-order valence-corrected chi connectivity index (χ2v) is 4.88. The minimum Gasteiger partial charge on any atom is -0.335 e. The molecule has 16 heavy (non-hydrogen) atoms. The first kappa shape index (κ1) is 13.3. The molecule has 1 saturated carbocycles. The van der Waals surface area contributed by atoms with Gasteiger partial charge in [-0.25, -0.2) is 4.79 Å². The predicted octanol–water partition coefficient (Wildman–Crippen LogP) is 3.15. The van der Waals surface area contributed by atoms with Gasteiger partial charge in [0.05, 0.1) is 0 Å². The van der Waals surface area contributed by atoms with Crippen LogP contribution in [0.2, 0.25) is 0 Å². The smallest absolute Gasteiger partial charge is 0.317 e. The summed E-state index contributed by atoms with van der Waals surface area (Å²) in [5.74, 6) is 0. The molecule has 0 aromatic heterocycles. The molecule has 2 amide bonds. The minimum atomic E-state index is 0.146. The fourth-order valence-electron chi connectivity index (χ4n) is 1.88. The van der Waals surface area contributed by atoms with E-state index in [1.165, 1.54) is 6.42 Å². The van der Waals surface area contributed by atoms with E-state index in [2.05, 4.69) is 26.1 Å². The number of amides is 2. The molecule has 0 aromatic carbocycles. The van der Waals surface area contributed by atoms with Crippen LogP contribution >= 0.6 is 0 Å². The van der Waals surface area contributed by atoms with E-state index in [-0.39, 0.29) is 6.03 Å². The second-order valence-electron chi connectivity index (χ2n) is 4.88. The summed E-state index contributed by atoms with van der Waals surface area (Å²) < 4.78 is 0. The lowest BCUT2D eigenvalue weighted by Crippen LogP contribution is -2.50. The maximum atomic E-state index is 12.1. The van der Waals surface area contributed by atoms with Crippen LogP contribution in [0.25, 0.3) is 0 Å². The Kier molecular flexibility index (Phi) is 5.64. The Balaban J connectivity index is 2.41. The molecule has 3 nitrogen and oxygen atoms in total. The molecular weight excluding hydrogens is 200 g/mol. The van der Waals surface area contributed by atoms with Crippen molar-refractivity contribution in [2.75, 3.05) is 6.54 Å². The Bertz CT molecular complexity index is 214. The standard InChI is InChI=1S/C13H26N2O/c1-4-6-10-15(11(3)5-2)13(16)14-12-8-7-9-12/h11-12H,4-10H2,1-3H3,(H,14,16). The average Bonchev–Trinajstić information content (AvgIpc) is 2.23. The van der Waals surface area contributed by atoms with E-state index in [1.54, 1.807) is 0 Å². The maximum Gasteiger partial charge on any atom is 0.317 e. The molecule has 3 heteroatoms. The molecule has 1 unspecified atom stereocenters. The highest BCUT2D eigenvalue weighted by Gasteiger charge is 2.24. The van der Waals surface area contributed by atoms with Gasteiger partial charge in [0.15, 0.2) is 0 Å². The van der Waals surface area contributed by atoms with Crippen molar-refractivity contribution < 1.29 is 4.79 Å². The Morgan fingerprint density at radius 1 is 1.44 bits per heavy atom. The number of urea groups is 1. The zero-order valence-corrected chi connectivity index (χ0v) is 11.0. The summed E-state index contributed by atoms with van der Waals surface area (Å²) in [4.78, 5) is 14.1. The Morgan fingerprint density at radius 3 is 2.56 bits per heavy atom. The number of unbranched alkanes of at least 4 members (excludes halogenated alkanes) is 1. The van der Waals surface area contributed by atoms with E-state index in [0.717, 1.165) is 38.6 Å². The molecule has 0 saturated heterocycles. The molecule has 0 radical (unpaired) electrons. The van der Waals surface area contributed by atoms with Crippen LogP contribution in [0.4, 0.5) is 4.79 Å². The lowest BCUT2D eigenvalue weighted by Gasteiger charge is -2.33. The molecule has 1 rings (SSSR count). The van der Waals surface area contributed by atoms with Crippen molar-refractivity contribution in [3.8, 4) is 0 Å². The Hall–Kier alpha value is -0.730. The molecule has 0 bridgehead atoms. The molecule has 0 spiro atoms. The summed E-state index contributed by atoms with van der Waals surface area (Å²) >= 11 is 0. The lowest BCUT2D eigenvalue weighted by molar-refractivity contribution is 0.166. The number of carbonyl (C=O) groups is 1. The highest BCUT2D eigenvalue weighted by molar-refractivity contribution is 5.75. The van der Waals surface area contributed by atoms with Gasteiger partial charge in [-0.3, -0.25) is 0 Å². The number of rotatable bonds is 6. The van der Waals surface area contributed by atoms with E-state index in [0.29, 0.717) is 12.1 Å². The first-order valence-electron chi connectivity index (χ1n) is 6.76. The van der Waals surface area contributed by atoms with Crippen LogP contribution < -0.4 is 5.32 Å². The maximum absolute atomic E-state index is 12.1. The number of nitrogens with one attached hydrogen (secondary N) is 1. The van der Waals surface area contributed by atoms with Crippen LogP contribution in [0.15, 0.2) is 0 Å². The van der Waals surface area contributed by atoms with E-state index < -0.39 is 0 Å². The molecule has 1 atom stereocenters. The van der Waals surface area contributed by atoms with Gasteiger partial charge >= 0.3 is 6.03 Å². The van der Waals surface area contributed by atoms with Gasteiger partial charge in [-0.1, -0.05) is 20.3 Å². The van der Waals surface area contributed by atoms with Crippen LogP contribution in [-0.2, 0) is 0 Å². The topological polar surface area (TPSA) is 32.3 Å². The summed E-state index contributed by atoms with van der Waals surface area (Å²) in [6, 6.07) is 0.944. The molecular formula is C13H26N2O. The zero-order valence-electron chi connectivity index (χ0n) is 11.0. The highest BCUT2D eigenvalue weighted by Crippen LogP contribution is 2.18. The van der Waals surface area contributed by atoms with Gasteiger partial charge < -0.3 is 10.2 Å². The van der Waals surface area contributed by atoms with Crippen LogP contribution in [0.3, 0.4) is 0 Å². The molecule has 1 N–H and O–H groups in total. The lowest BCUT2D eigenvalue weighted by atomic mass is 9.93. The van der Waals surface area contributed by atoms with Gasteiger partial charge in [0.2, 0.25) is 0 Å². The normalized spacial score (nSPS) is 17.7. The van der Waals surface area contributed by atoms with Gasteiger partial charge in [-0.05, 0) is 39.0 Å². The summed E-state index contributed by atoms with van der Waals surface area (Å²) in [6.07, 6.45) is 6.86. The molecule has 0 aromatic rings. The van der Waals surface area contributed by atoms with Crippen LogP contribution in [-0.4, -0.2) is 29.6 Å². The quantitative estimate of drug-likeness (QED) is 0.741. The third-order valence-electron chi connectivity index (χ3n) is 3.57. The number of carbonyl (C=O) groups excluding carboxylic acids is 1. The highest BCUT2D eigenvalue weighted by atomic mass is 16.2. The summed E-state index contributed by atoms with van der Waals surface area (Å²) in [6.45, 7) is 7.33. The largest absolute Gasteiger partial charge is 0.335 e. The van der Waals surface area contributed by atoms with Crippen LogP contribution in [0.5, 0.6) is 0 Å². The number of nitrogens with zero attached hydrogens (tertiary/aromatic N) is 1. The summed E-state index contributed by atoms with van der Waals surface area (Å²) in [5.41, 5.74) is 0. The summed E-state index contributed by atoms with van der Waals surface area (Å²) in [7, 11) is 0. The molecule has 0 heterocycles. The van der Waals surface area contributed by atoms with Gasteiger partial charge in [-0.15, -0.1) is 0 Å². The molecule has 1 fully saturated rings. The fourth-order valence-corrected chi connectivity index (χ4v) is 1.88. The minimum absolute atomic E-state index is 0.146. The van der Waals surface area contributed by atoms with E-state index in [1.807, 2.05) is 4.90 Å². The van der Waals surface area contributed by atoms with Gasteiger partial charge in [-0.2, -0.15) is 0 Å². The third-order valence-corrected chi connectivity index (χ3v) is 3.57. The van der Waals surface area contributed by atoms with Crippen molar-refractivity contribution in [2.24, 2.45) is 0 Å². The van der Waals surface area contributed by atoms with Gasteiger partial charge in [0.25, 0.3) is 0 Å². The van der Waals surface area contributed by atoms with E-state index >= 15 is 0 Å². The van der Waals surface area contributed by atoms with Crippen molar-refractivity contribution in [1.29, 1.82) is 0 Å². The molecule has 1 aliphatic rings. The van der Waals surface area contributed by atoms with Gasteiger partial charge in [0, 0.05) is 18.6 Å². The van der Waals surface area contributed by atoms with Crippen LogP contribution in [0, 0.1) is 0 Å². The second kappa shape index (κ2) is 6.77. The average molecular weight is 226 g/mol. The first-order chi connectivity index (χ1) is 7.69. The fraction of sp³-hybridized carbons (Fsp3) is 0.923. The van der Waals surface area contributed by atoms with Crippen molar-refractivity contribution >= 4 is 6.03 Å². The monoisotopic (exact) mass is 226 g/mol. The Morgan fingerprint density at radius 2 is 2.12 bits per heavy atom. The number of hydrogen-bond donors (Lipinski definition) is 1. The number of hydrogen-bond acceptors (Lipinski definition) is 1. The van der Waals surface area contributed by atoms with E-state index in [4.69, 9.17) is 0 Å². The molecule has 94 valence electrons. The first-order valence-corrected chi connectivity index (χ1v) is 6.76. The SMILES string of the molecule is CCCCN(C(=O)NC1CCC1)C(C)CC. The van der Waals surface area contributed by atoms with Crippen molar-refractivity contribution in [2.45, 2.75) is 71.4 Å². The molecule has 1 aliphatic carbocycles. The van der Waals surface area contributed by atoms with Crippen molar-refractivity contribution in [3.63, 3.8) is 0 Å². The van der Waals surface area contributed by atoms with Crippen molar-refractivity contribution in [3.05, 3.63) is 0 Å². The van der Waals surface area contributed by atoms with Crippen LogP contribution in [0.1, 0.15) is 59.3 Å². The summed E-state index contributed by atoms with van der Waals surface area (Å²) in [5, 5.41) is 3.13.